The third-order valence-electron chi connectivity index (χ3n) is 3.64. The minimum Gasteiger partial charge on any atom is -0.471 e. The average Bonchev–Trinajstić information content (AvgIpc) is 3.03. The van der Waals surface area contributed by atoms with Crippen molar-refractivity contribution in [2.24, 2.45) is 0 Å². The van der Waals surface area contributed by atoms with Crippen molar-refractivity contribution >= 4 is 5.97 Å². The van der Waals surface area contributed by atoms with Crippen LogP contribution in [0, 0.1) is 0 Å². The van der Waals surface area contributed by atoms with Crippen molar-refractivity contribution in [1.29, 1.82) is 0 Å². The maximum Gasteiger partial charge on any atom is 0.345 e. The highest BCUT2D eigenvalue weighted by atomic mass is 16.5. The first kappa shape index (κ1) is 13.7. The molecular weight excluding hydrogens is 272 g/mol. The van der Waals surface area contributed by atoms with Crippen molar-refractivity contribution < 1.29 is 14.3 Å². The molecule has 1 fully saturated rings. The fraction of sp³-hybridized carbons (Fsp3) is 0.500. The number of aromatic amines is 1. The first-order valence-electron chi connectivity index (χ1n) is 7.15. The lowest BCUT2D eigenvalue weighted by Crippen LogP contribution is -2.21. The van der Waals surface area contributed by atoms with Gasteiger partial charge in [0.1, 0.15) is 12.2 Å². The molecule has 0 bridgehead atoms. The van der Waals surface area contributed by atoms with Gasteiger partial charge in [0.2, 0.25) is 5.88 Å². The molecule has 21 heavy (non-hydrogen) atoms. The van der Waals surface area contributed by atoms with Gasteiger partial charge in [0.15, 0.2) is 0 Å². The highest BCUT2D eigenvalue weighted by Gasteiger charge is 2.23. The molecule has 7 heteroatoms. The maximum absolute atomic E-state index is 11.7. The van der Waals surface area contributed by atoms with Gasteiger partial charge in [0.05, 0.1) is 24.5 Å². The van der Waals surface area contributed by atoms with Gasteiger partial charge in [0.25, 0.3) is 0 Å². The van der Waals surface area contributed by atoms with E-state index in [1.807, 2.05) is 10.7 Å². The van der Waals surface area contributed by atoms with Crippen molar-refractivity contribution in [3.8, 4) is 5.88 Å². The highest BCUT2D eigenvalue weighted by molar-refractivity contribution is 5.91. The number of ether oxygens (including phenoxy) is 2. The lowest BCUT2D eigenvalue weighted by atomic mass is 9.93. The van der Waals surface area contributed by atoms with E-state index in [2.05, 4.69) is 15.3 Å². The Kier molecular flexibility index (Phi) is 3.89. The molecule has 0 aromatic carbocycles. The predicted molar refractivity (Wildman–Crippen MR) is 74.0 cm³/mol. The second kappa shape index (κ2) is 5.99. The van der Waals surface area contributed by atoms with Crippen LogP contribution in [0.5, 0.6) is 5.88 Å². The number of carbonyl (C=O) groups is 1. The maximum atomic E-state index is 11.7. The number of hydrogen-bond acceptors (Lipinski definition) is 5. The zero-order valence-corrected chi connectivity index (χ0v) is 11.9. The predicted octanol–water partition coefficient (Wildman–Crippen LogP) is 2.09. The number of hydrogen-bond donors (Lipinski definition) is 1. The second-order valence-corrected chi connectivity index (χ2v) is 4.97. The van der Waals surface area contributed by atoms with Crippen LogP contribution in [0.1, 0.15) is 48.3 Å². The summed E-state index contributed by atoms with van der Waals surface area (Å²) in [6, 6.07) is 2.41. The van der Waals surface area contributed by atoms with Crippen LogP contribution in [0.2, 0.25) is 0 Å². The Bertz CT molecular complexity index is 615. The van der Waals surface area contributed by atoms with E-state index in [1.54, 1.807) is 13.1 Å². The average molecular weight is 290 g/mol. The molecule has 3 rings (SSSR count). The molecule has 0 spiro atoms. The summed E-state index contributed by atoms with van der Waals surface area (Å²) >= 11 is 0. The molecule has 2 heterocycles. The van der Waals surface area contributed by atoms with Gasteiger partial charge in [-0.05, 0) is 32.3 Å². The van der Waals surface area contributed by atoms with Crippen LogP contribution in [-0.2, 0) is 11.3 Å². The smallest absolute Gasteiger partial charge is 0.345 e. The number of aromatic nitrogens is 4. The fourth-order valence-electron chi connectivity index (χ4n) is 2.30. The topological polar surface area (TPSA) is 82.0 Å². The molecule has 0 radical (unpaired) electrons. The Morgan fingerprint density at radius 3 is 3.10 bits per heavy atom. The van der Waals surface area contributed by atoms with Gasteiger partial charge in [-0.2, -0.15) is 10.2 Å². The molecule has 112 valence electrons. The SMILES string of the molecule is CCOC(=O)c1cn[nH]c1OCc1ccnn1C1CCC1. The quantitative estimate of drug-likeness (QED) is 0.824. The Labute approximate surface area is 122 Å². The molecule has 0 unspecified atom stereocenters. The van der Waals surface area contributed by atoms with E-state index in [0.717, 1.165) is 18.5 Å². The van der Waals surface area contributed by atoms with Crippen LogP contribution in [0.4, 0.5) is 0 Å². The third-order valence-corrected chi connectivity index (χ3v) is 3.64. The van der Waals surface area contributed by atoms with Crippen LogP contribution in [0.15, 0.2) is 18.5 Å². The van der Waals surface area contributed by atoms with Gasteiger partial charge in [-0.1, -0.05) is 0 Å². The molecule has 7 nitrogen and oxygen atoms in total. The second-order valence-electron chi connectivity index (χ2n) is 4.97. The highest BCUT2D eigenvalue weighted by Crippen LogP contribution is 2.32. The molecular formula is C14H18N4O3. The summed E-state index contributed by atoms with van der Waals surface area (Å²) < 4.78 is 12.6. The summed E-state index contributed by atoms with van der Waals surface area (Å²) in [6.07, 6.45) is 6.75. The van der Waals surface area contributed by atoms with Crippen LogP contribution >= 0.6 is 0 Å². The Hall–Kier alpha value is -2.31. The van der Waals surface area contributed by atoms with E-state index in [0.29, 0.717) is 30.7 Å². The van der Waals surface area contributed by atoms with E-state index >= 15 is 0 Å². The molecule has 2 aromatic rings. The molecule has 0 amide bonds. The van der Waals surface area contributed by atoms with Gasteiger partial charge in [-0.15, -0.1) is 0 Å². The number of nitrogens with zero attached hydrogens (tertiary/aromatic N) is 3. The lowest BCUT2D eigenvalue weighted by molar-refractivity contribution is 0.0521. The normalized spacial score (nSPS) is 14.7. The standard InChI is InChI=1S/C14H18N4O3/c1-2-20-14(19)12-8-15-17-13(12)21-9-11-6-7-16-18(11)10-4-3-5-10/h6-8,10H,2-5,9H2,1H3,(H,15,17). The fourth-order valence-corrected chi connectivity index (χ4v) is 2.30. The summed E-state index contributed by atoms with van der Waals surface area (Å²) in [5, 5.41) is 10.9. The van der Waals surface area contributed by atoms with Crippen LogP contribution < -0.4 is 4.74 Å². The van der Waals surface area contributed by atoms with Crippen molar-refractivity contribution in [3.05, 3.63) is 29.7 Å². The Morgan fingerprint density at radius 1 is 1.52 bits per heavy atom. The molecule has 1 aliphatic rings. The van der Waals surface area contributed by atoms with Gasteiger partial charge >= 0.3 is 5.97 Å². The molecule has 2 aromatic heterocycles. The monoisotopic (exact) mass is 290 g/mol. The molecule has 1 N–H and O–H groups in total. The van der Waals surface area contributed by atoms with Gasteiger partial charge in [0, 0.05) is 6.20 Å². The van der Waals surface area contributed by atoms with E-state index in [1.165, 1.54) is 12.6 Å². The summed E-state index contributed by atoms with van der Waals surface area (Å²) in [5.41, 5.74) is 1.30. The van der Waals surface area contributed by atoms with Gasteiger partial charge in [-0.25, -0.2) is 9.89 Å². The summed E-state index contributed by atoms with van der Waals surface area (Å²) in [4.78, 5) is 11.7. The van der Waals surface area contributed by atoms with Crippen LogP contribution in [0.3, 0.4) is 0 Å². The van der Waals surface area contributed by atoms with E-state index in [4.69, 9.17) is 9.47 Å². The third kappa shape index (κ3) is 2.76. The van der Waals surface area contributed by atoms with Crippen molar-refractivity contribution in [3.63, 3.8) is 0 Å². The van der Waals surface area contributed by atoms with Crippen LogP contribution in [-0.4, -0.2) is 32.6 Å². The first-order chi connectivity index (χ1) is 10.3. The largest absolute Gasteiger partial charge is 0.471 e. The number of rotatable bonds is 6. The van der Waals surface area contributed by atoms with E-state index in [9.17, 15) is 4.79 Å². The number of carbonyl (C=O) groups excluding carboxylic acids is 1. The summed E-state index contributed by atoms with van der Waals surface area (Å²) in [5.74, 6) is -0.108. The molecule has 0 saturated heterocycles. The molecule has 0 atom stereocenters. The Morgan fingerprint density at radius 2 is 2.38 bits per heavy atom. The van der Waals surface area contributed by atoms with E-state index < -0.39 is 5.97 Å². The zero-order chi connectivity index (χ0) is 14.7. The van der Waals surface area contributed by atoms with Gasteiger partial charge in [-0.3, -0.25) is 4.68 Å². The first-order valence-corrected chi connectivity index (χ1v) is 7.15. The summed E-state index contributed by atoms with van der Waals surface area (Å²) in [7, 11) is 0. The van der Waals surface area contributed by atoms with Gasteiger partial charge < -0.3 is 9.47 Å². The van der Waals surface area contributed by atoms with Crippen molar-refractivity contribution in [2.75, 3.05) is 6.61 Å². The van der Waals surface area contributed by atoms with Crippen molar-refractivity contribution in [1.82, 2.24) is 20.0 Å². The number of nitrogens with one attached hydrogen (secondary N) is 1. The Balaban J connectivity index is 1.67. The minimum absolute atomic E-state index is 0.312. The molecule has 1 aliphatic carbocycles. The molecule has 1 saturated carbocycles. The lowest BCUT2D eigenvalue weighted by Gasteiger charge is -2.27. The number of esters is 1. The van der Waals surface area contributed by atoms with E-state index in [-0.39, 0.29) is 0 Å². The van der Waals surface area contributed by atoms with Crippen molar-refractivity contribution in [2.45, 2.75) is 38.8 Å². The zero-order valence-electron chi connectivity index (χ0n) is 11.9. The molecule has 0 aliphatic heterocycles. The van der Waals surface area contributed by atoms with Crippen LogP contribution in [0.25, 0.3) is 0 Å². The number of H-pyrrole nitrogens is 1. The summed E-state index contributed by atoms with van der Waals surface area (Å²) in [6.45, 7) is 2.42. The minimum atomic E-state index is -0.436.